The van der Waals surface area contributed by atoms with Crippen LogP contribution in [0.3, 0.4) is 0 Å². The highest BCUT2D eigenvalue weighted by Crippen LogP contribution is 2.42. The summed E-state index contributed by atoms with van der Waals surface area (Å²) in [5.41, 5.74) is 2.46. The molecule has 2 aliphatic rings. The topological polar surface area (TPSA) is 70.4 Å². The number of rotatable bonds is 5. The highest BCUT2D eigenvalue weighted by molar-refractivity contribution is 6.14. The maximum absolute atomic E-state index is 12.9. The fourth-order valence-corrected chi connectivity index (χ4v) is 4.00. The van der Waals surface area contributed by atoms with E-state index in [1.165, 1.54) is 0 Å². The molecule has 0 radical (unpaired) electrons. The number of methoxy groups -OCH3 is 2. The molecule has 7 heteroatoms. The first-order chi connectivity index (χ1) is 15.6. The molecule has 7 nitrogen and oxygen atoms in total. The van der Waals surface area contributed by atoms with Gasteiger partial charge in [-0.1, -0.05) is 6.07 Å². The zero-order chi connectivity index (χ0) is 22.2. The predicted octanol–water partition coefficient (Wildman–Crippen LogP) is 4.57. The number of benzene rings is 2. The van der Waals surface area contributed by atoms with E-state index < -0.39 is 0 Å². The molecule has 0 bridgehead atoms. The van der Waals surface area contributed by atoms with Crippen LogP contribution < -0.4 is 18.9 Å². The summed E-state index contributed by atoms with van der Waals surface area (Å²) < 4.78 is 28.3. The second kappa shape index (κ2) is 8.09. The summed E-state index contributed by atoms with van der Waals surface area (Å²) in [7, 11) is 3.24. The van der Waals surface area contributed by atoms with E-state index >= 15 is 0 Å². The summed E-state index contributed by atoms with van der Waals surface area (Å²) in [5, 5.41) is 0. The number of fused-ring (bicyclic) bond motifs is 3. The van der Waals surface area contributed by atoms with Crippen LogP contribution in [0.1, 0.15) is 33.0 Å². The molecule has 0 saturated heterocycles. The number of aryl methyl sites for hydroxylation is 1. The normalized spacial score (nSPS) is 16.3. The molecule has 164 valence electrons. The fraction of sp³-hybridized carbons (Fsp3) is 0.240. The molecule has 0 amide bonds. The Balaban J connectivity index is 1.39. The number of ether oxygens (including phenoxy) is 4. The lowest BCUT2D eigenvalue weighted by molar-refractivity contribution is 0.0872. The molecule has 0 fully saturated rings. The molecule has 3 aromatic rings. The van der Waals surface area contributed by atoms with Crippen molar-refractivity contribution in [3.63, 3.8) is 0 Å². The molecule has 0 unspecified atom stereocenters. The monoisotopic (exact) mass is 433 g/mol. The van der Waals surface area contributed by atoms with E-state index in [1.54, 1.807) is 26.4 Å². The minimum Gasteiger partial charge on any atom is -0.493 e. The lowest BCUT2D eigenvalue weighted by atomic mass is 10.0. The Bertz CT molecular complexity index is 1230. The molecule has 0 aliphatic carbocycles. The van der Waals surface area contributed by atoms with Crippen molar-refractivity contribution >= 4 is 11.9 Å². The first-order valence-electron chi connectivity index (χ1n) is 10.3. The van der Waals surface area contributed by atoms with Crippen LogP contribution in [0.5, 0.6) is 23.0 Å². The van der Waals surface area contributed by atoms with E-state index in [1.807, 2.05) is 43.3 Å². The van der Waals surface area contributed by atoms with Crippen molar-refractivity contribution in [3.8, 4) is 23.0 Å². The minimum absolute atomic E-state index is 0.158. The molecular formula is C25H23NO6. The third-order valence-corrected chi connectivity index (χ3v) is 5.57. The number of hydrogen-bond donors (Lipinski definition) is 0. The van der Waals surface area contributed by atoms with Gasteiger partial charge in [0.25, 0.3) is 0 Å². The Labute approximate surface area is 185 Å². The van der Waals surface area contributed by atoms with Gasteiger partial charge in [0.1, 0.15) is 29.8 Å². The average molecular weight is 433 g/mol. The highest BCUT2D eigenvalue weighted by atomic mass is 16.5. The van der Waals surface area contributed by atoms with Crippen molar-refractivity contribution in [3.05, 3.63) is 76.4 Å². The molecule has 2 aliphatic heterocycles. The van der Waals surface area contributed by atoms with Crippen LogP contribution in [0.25, 0.3) is 6.08 Å². The number of Topliss-reactive ketones (excluding diaryl/α,β-unsaturated/α-hetero) is 1. The Morgan fingerprint density at radius 1 is 1.06 bits per heavy atom. The van der Waals surface area contributed by atoms with Gasteiger partial charge >= 0.3 is 0 Å². The van der Waals surface area contributed by atoms with Crippen molar-refractivity contribution in [2.75, 3.05) is 21.0 Å². The molecule has 5 rings (SSSR count). The number of hydrogen-bond acceptors (Lipinski definition) is 7. The van der Waals surface area contributed by atoms with Crippen LogP contribution >= 0.6 is 0 Å². The quantitative estimate of drug-likeness (QED) is 0.546. The zero-order valence-corrected chi connectivity index (χ0v) is 18.1. The molecule has 0 N–H and O–H groups in total. The summed E-state index contributed by atoms with van der Waals surface area (Å²) in [6.45, 7) is 3.52. The predicted molar refractivity (Wildman–Crippen MR) is 117 cm³/mol. The number of carbonyl (C=O) groups excluding carboxylic acids is 1. The lowest BCUT2D eigenvalue weighted by Gasteiger charge is -2.29. The summed E-state index contributed by atoms with van der Waals surface area (Å²) in [6, 6.07) is 13.1. The number of carbonyl (C=O) groups is 1. The van der Waals surface area contributed by atoms with Gasteiger partial charge in [0.2, 0.25) is 5.78 Å². The van der Waals surface area contributed by atoms with E-state index in [9.17, 15) is 4.79 Å². The highest BCUT2D eigenvalue weighted by Gasteiger charge is 2.33. The average Bonchev–Trinajstić information content (AvgIpc) is 3.36. The largest absolute Gasteiger partial charge is 0.493 e. The van der Waals surface area contributed by atoms with Crippen LogP contribution in [-0.4, -0.2) is 31.6 Å². The maximum atomic E-state index is 12.9. The molecular weight excluding hydrogens is 410 g/mol. The van der Waals surface area contributed by atoms with Crippen LogP contribution in [0.15, 0.2) is 52.6 Å². The molecule has 1 aromatic heterocycles. The molecule has 32 heavy (non-hydrogen) atoms. The van der Waals surface area contributed by atoms with Gasteiger partial charge in [-0.3, -0.25) is 9.69 Å². The van der Waals surface area contributed by atoms with Gasteiger partial charge in [-0.15, -0.1) is 0 Å². The third-order valence-electron chi connectivity index (χ3n) is 5.57. The van der Waals surface area contributed by atoms with Crippen molar-refractivity contribution in [2.45, 2.75) is 20.0 Å². The molecule has 2 aromatic carbocycles. The van der Waals surface area contributed by atoms with Crippen LogP contribution in [0.2, 0.25) is 0 Å². The van der Waals surface area contributed by atoms with Crippen LogP contribution in [-0.2, 0) is 13.1 Å². The standard InChI is InChI=1S/C25H23NO6/c1-15-4-6-17(31-15)11-23-24(27)18-7-9-20-19(25(18)32-23)13-26(14-30-20)12-16-5-8-21(28-2)22(10-16)29-3/h4-11H,12-14H2,1-3H3/b23-11-. The number of nitrogens with zero attached hydrogens (tertiary/aromatic N) is 1. The summed E-state index contributed by atoms with van der Waals surface area (Å²) >= 11 is 0. The Hall–Kier alpha value is -3.71. The lowest BCUT2D eigenvalue weighted by Crippen LogP contribution is -2.31. The Morgan fingerprint density at radius 2 is 1.91 bits per heavy atom. The van der Waals surface area contributed by atoms with Gasteiger partial charge in [0.05, 0.1) is 25.3 Å². The van der Waals surface area contributed by atoms with Gasteiger partial charge in [0.15, 0.2) is 17.3 Å². The summed E-state index contributed by atoms with van der Waals surface area (Å²) in [5.74, 6) is 4.10. The van der Waals surface area contributed by atoms with Crippen LogP contribution in [0, 0.1) is 6.92 Å². The van der Waals surface area contributed by atoms with Gasteiger partial charge in [-0.05, 0) is 48.9 Å². The van der Waals surface area contributed by atoms with Crippen molar-refractivity contribution < 1.29 is 28.2 Å². The van der Waals surface area contributed by atoms with Crippen molar-refractivity contribution in [2.24, 2.45) is 0 Å². The van der Waals surface area contributed by atoms with Gasteiger partial charge in [0, 0.05) is 19.2 Å². The SMILES string of the molecule is COc1ccc(CN2COc3ccc4c(c3C2)O/C(=C\c2ccc(C)o2)C4=O)cc1OC. The van der Waals surface area contributed by atoms with E-state index in [2.05, 4.69) is 4.90 Å². The van der Waals surface area contributed by atoms with Crippen LogP contribution in [0.4, 0.5) is 0 Å². The van der Waals surface area contributed by atoms with Gasteiger partial charge < -0.3 is 23.4 Å². The summed E-state index contributed by atoms with van der Waals surface area (Å²) in [4.78, 5) is 15.0. The second-order valence-corrected chi connectivity index (χ2v) is 7.76. The first kappa shape index (κ1) is 20.2. The molecule has 3 heterocycles. The Kier molecular flexibility index (Phi) is 5.11. The van der Waals surface area contributed by atoms with Gasteiger partial charge in [-0.2, -0.15) is 0 Å². The Morgan fingerprint density at radius 3 is 2.66 bits per heavy atom. The third kappa shape index (κ3) is 3.61. The number of ketones is 1. The van der Waals surface area contributed by atoms with Crippen molar-refractivity contribution in [1.29, 1.82) is 0 Å². The number of furan rings is 1. The summed E-state index contributed by atoms with van der Waals surface area (Å²) in [6.07, 6.45) is 1.63. The maximum Gasteiger partial charge on any atom is 0.232 e. The first-order valence-corrected chi connectivity index (χ1v) is 10.3. The fourth-order valence-electron chi connectivity index (χ4n) is 4.00. The van der Waals surface area contributed by atoms with E-state index in [-0.39, 0.29) is 11.5 Å². The minimum atomic E-state index is -0.158. The second-order valence-electron chi connectivity index (χ2n) is 7.76. The smallest absolute Gasteiger partial charge is 0.232 e. The van der Waals surface area contributed by atoms with E-state index in [4.69, 9.17) is 23.4 Å². The zero-order valence-electron chi connectivity index (χ0n) is 18.1. The number of allylic oxidation sites excluding steroid dienone is 1. The van der Waals surface area contributed by atoms with E-state index in [0.717, 1.165) is 22.6 Å². The molecule has 0 spiro atoms. The molecule has 0 atom stereocenters. The van der Waals surface area contributed by atoms with Crippen molar-refractivity contribution in [1.82, 2.24) is 4.90 Å². The van der Waals surface area contributed by atoms with Gasteiger partial charge in [-0.25, -0.2) is 0 Å². The van der Waals surface area contributed by atoms with E-state index in [0.29, 0.717) is 48.4 Å². The molecule has 0 saturated carbocycles.